The molecule has 0 aliphatic carbocycles. The fourth-order valence-corrected chi connectivity index (χ4v) is 4.69. The van der Waals surface area contributed by atoms with E-state index in [-0.39, 0.29) is 30.4 Å². The highest BCUT2D eigenvalue weighted by Crippen LogP contribution is 2.38. The number of hydrogen-bond acceptors (Lipinski definition) is 9. The fourth-order valence-electron chi connectivity index (χ4n) is 4.69. The number of anilines is 1. The molecular formula is C26H39N7O4. The molecule has 1 amide bonds. The zero-order chi connectivity index (χ0) is 26.7. The summed E-state index contributed by atoms with van der Waals surface area (Å²) in [7, 11) is 1.85. The van der Waals surface area contributed by atoms with E-state index in [1.54, 1.807) is 18.7 Å². The molecule has 1 aromatic carbocycles. The van der Waals surface area contributed by atoms with Crippen molar-refractivity contribution in [3.05, 3.63) is 41.2 Å². The quantitative estimate of drug-likeness (QED) is 0.502. The number of hydrogen-bond donors (Lipinski definition) is 2. The second-order valence-corrected chi connectivity index (χ2v) is 10.8. The van der Waals surface area contributed by atoms with Crippen molar-refractivity contribution in [1.29, 1.82) is 0 Å². The topological polar surface area (TPSA) is 130 Å². The maximum absolute atomic E-state index is 13.4. The minimum absolute atomic E-state index is 0.0262. The van der Waals surface area contributed by atoms with Gasteiger partial charge >= 0.3 is 0 Å². The van der Waals surface area contributed by atoms with Gasteiger partial charge in [0.2, 0.25) is 11.9 Å². The standard InChI is InChI=1S/C26H39N7O4/c1-18-14-32(21(35)16-31-9-11-37-12-10-31)22(18)23-28-25(33(29-23)24(36)26(2,3)17-34)30(4)15-20-7-5-19(13-27)6-8-20/h5-8,18,22,34H,9-17,27H2,1-4H3. The summed E-state index contributed by atoms with van der Waals surface area (Å²) in [5.74, 6) is 0.651. The average molecular weight is 514 g/mol. The van der Waals surface area contributed by atoms with Crippen LogP contribution in [0.4, 0.5) is 5.95 Å². The van der Waals surface area contributed by atoms with Gasteiger partial charge in [-0.25, -0.2) is 0 Å². The van der Waals surface area contributed by atoms with Gasteiger partial charge in [0.1, 0.15) is 0 Å². The van der Waals surface area contributed by atoms with Gasteiger partial charge in [-0.1, -0.05) is 31.2 Å². The Morgan fingerprint density at radius 3 is 2.43 bits per heavy atom. The van der Waals surface area contributed by atoms with Crippen LogP contribution in [-0.2, 0) is 22.6 Å². The van der Waals surface area contributed by atoms with Crippen LogP contribution in [0.3, 0.4) is 0 Å². The number of aromatic nitrogens is 3. The van der Waals surface area contributed by atoms with E-state index in [0.29, 0.717) is 51.2 Å². The Hall–Kier alpha value is -2.86. The number of rotatable bonds is 9. The SMILES string of the molecule is CC1CN(C(=O)CN2CCOCC2)C1c1nc(N(C)Cc2ccc(CN)cc2)n(C(=O)C(C)(C)CO)n1. The van der Waals surface area contributed by atoms with E-state index in [9.17, 15) is 14.7 Å². The Labute approximate surface area is 218 Å². The highest BCUT2D eigenvalue weighted by atomic mass is 16.5. The maximum atomic E-state index is 13.4. The van der Waals surface area contributed by atoms with Crippen LogP contribution in [-0.4, -0.2) is 94.5 Å². The van der Waals surface area contributed by atoms with Gasteiger partial charge in [0.05, 0.1) is 37.8 Å². The van der Waals surface area contributed by atoms with Crippen LogP contribution in [0.15, 0.2) is 24.3 Å². The summed E-state index contributed by atoms with van der Waals surface area (Å²) < 4.78 is 6.68. The molecule has 2 aliphatic rings. The molecule has 2 fully saturated rings. The summed E-state index contributed by atoms with van der Waals surface area (Å²) in [6, 6.07) is 7.65. The monoisotopic (exact) mass is 513 g/mol. The van der Waals surface area contributed by atoms with E-state index in [0.717, 1.165) is 24.2 Å². The molecule has 0 saturated carbocycles. The van der Waals surface area contributed by atoms with Crippen molar-refractivity contribution in [2.75, 3.05) is 57.9 Å². The van der Waals surface area contributed by atoms with Crippen LogP contribution in [0.5, 0.6) is 0 Å². The van der Waals surface area contributed by atoms with Gasteiger partial charge in [0.15, 0.2) is 5.82 Å². The van der Waals surface area contributed by atoms with E-state index in [1.807, 2.05) is 36.2 Å². The first kappa shape index (κ1) is 27.2. The second-order valence-electron chi connectivity index (χ2n) is 10.8. The molecule has 0 bridgehead atoms. The Morgan fingerprint density at radius 1 is 1.19 bits per heavy atom. The Bertz CT molecular complexity index is 1090. The van der Waals surface area contributed by atoms with E-state index in [2.05, 4.69) is 16.9 Å². The van der Waals surface area contributed by atoms with E-state index in [1.165, 1.54) is 4.68 Å². The molecular weight excluding hydrogens is 474 g/mol. The molecule has 2 aliphatic heterocycles. The molecule has 2 aromatic rings. The van der Waals surface area contributed by atoms with Crippen molar-refractivity contribution in [1.82, 2.24) is 24.6 Å². The first-order valence-electron chi connectivity index (χ1n) is 12.9. The first-order chi connectivity index (χ1) is 17.6. The van der Waals surface area contributed by atoms with Crippen LogP contribution in [0, 0.1) is 11.3 Å². The van der Waals surface area contributed by atoms with E-state index < -0.39 is 5.41 Å². The van der Waals surface area contributed by atoms with E-state index >= 15 is 0 Å². The molecule has 3 N–H and O–H groups in total. The number of aliphatic hydroxyl groups excluding tert-OH is 1. The summed E-state index contributed by atoms with van der Waals surface area (Å²) in [5, 5.41) is 14.5. The first-order valence-corrected chi connectivity index (χ1v) is 12.9. The zero-order valence-corrected chi connectivity index (χ0v) is 22.3. The zero-order valence-electron chi connectivity index (χ0n) is 22.3. The molecule has 0 spiro atoms. The van der Waals surface area contributed by atoms with Crippen molar-refractivity contribution in [3.8, 4) is 0 Å². The predicted octanol–water partition coefficient (Wildman–Crippen LogP) is 0.884. The number of amides is 1. The van der Waals surface area contributed by atoms with Gasteiger partial charge in [-0.05, 0) is 25.0 Å². The van der Waals surface area contributed by atoms with Gasteiger partial charge in [0.25, 0.3) is 5.91 Å². The minimum atomic E-state index is -1.04. The summed E-state index contributed by atoms with van der Waals surface area (Å²) in [6.45, 7) is 9.74. The molecule has 1 aromatic heterocycles. The maximum Gasteiger partial charge on any atom is 0.258 e. The van der Waals surface area contributed by atoms with Gasteiger partial charge in [-0.3, -0.25) is 14.5 Å². The molecule has 4 rings (SSSR count). The van der Waals surface area contributed by atoms with Gasteiger partial charge in [0, 0.05) is 45.7 Å². The largest absolute Gasteiger partial charge is 0.395 e. The lowest BCUT2D eigenvalue weighted by Crippen LogP contribution is -2.55. The molecule has 202 valence electrons. The highest BCUT2D eigenvalue weighted by Gasteiger charge is 2.44. The van der Waals surface area contributed by atoms with Crippen molar-refractivity contribution >= 4 is 17.8 Å². The van der Waals surface area contributed by atoms with E-state index in [4.69, 9.17) is 15.5 Å². The van der Waals surface area contributed by atoms with Crippen molar-refractivity contribution < 1.29 is 19.4 Å². The molecule has 11 nitrogen and oxygen atoms in total. The van der Waals surface area contributed by atoms with Crippen LogP contribution in [0.1, 0.15) is 48.6 Å². The third-order valence-corrected chi connectivity index (χ3v) is 7.20. The number of benzene rings is 1. The average Bonchev–Trinajstić information content (AvgIpc) is 3.31. The van der Waals surface area contributed by atoms with Crippen LogP contribution in [0.25, 0.3) is 0 Å². The molecule has 0 radical (unpaired) electrons. The summed E-state index contributed by atoms with van der Waals surface area (Å²) in [5.41, 5.74) is 6.75. The van der Waals surface area contributed by atoms with Crippen LogP contribution >= 0.6 is 0 Å². The Kier molecular flexibility index (Phi) is 8.27. The molecule has 11 heteroatoms. The van der Waals surface area contributed by atoms with Gasteiger partial charge in [-0.15, -0.1) is 5.10 Å². The van der Waals surface area contributed by atoms with Gasteiger partial charge < -0.3 is 25.4 Å². The second kappa shape index (κ2) is 11.3. The minimum Gasteiger partial charge on any atom is -0.395 e. The van der Waals surface area contributed by atoms with Gasteiger partial charge in [-0.2, -0.15) is 9.67 Å². The summed E-state index contributed by atoms with van der Waals surface area (Å²) >= 11 is 0. The normalized spacial score (nSPS) is 20.5. The molecule has 37 heavy (non-hydrogen) atoms. The number of nitrogens with two attached hydrogens (primary N) is 1. The lowest BCUT2D eigenvalue weighted by atomic mass is 9.89. The number of likely N-dealkylation sites (tertiary alicyclic amines) is 1. The van der Waals surface area contributed by atoms with Crippen molar-refractivity contribution in [2.24, 2.45) is 17.1 Å². The number of morpholine rings is 1. The predicted molar refractivity (Wildman–Crippen MR) is 139 cm³/mol. The molecule has 3 heterocycles. The Morgan fingerprint density at radius 2 is 1.84 bits per heavy atom. The number of aliphatic hydroxyl groups is 1. The lowest BCUT2D eigenvalue weighted by Gasteiger charge is -2.45. The van der Waals surface area contributed by atoms with Crippen molar-refractivity contribution in [2.45, 2.75) is 39.9 Å². The molecule has 2 atom stereocenters. The number of carbonyl (C=O) groups excluding carboxylic acids is 2. The van der Waals surface area contributed by atoms with Crippen LogP contribution in [0.2, 0.25) is 0 Å². The summed E-state index contributed by atoms with van der Waals surface area (Å²) in [4.78, 5) is 37.1. The lowest BCUT2D eigenvalue weighted by molar-refractivity contribution is -0.146. The highest BCUT2D eigenvalue weighted by molar-refractivity contribution is 5.86. The third-order valence-electron chi connectivity index (χ3n) is 7.20. The van der Waals surface area contributed by atoms with Crippen molar-refractivity contribution in [3.63, 3.8) is 0 Å². The Balaban J connectivity index is 1.60. The number of ether oxygens (including phenoxy) is 1. The molecule has 2 saturated heterocycles. The fraction of sp³-hybridized carbons (Fsp3) is 0.615. The molecule has 2 unspecified atom stereocenters. The van der Waals surface area contributed by atoms with Crippen LogP contribution < -0.4 is 10.6 Å². The number of nitrogens with zero attached hydrogens (tertiary/aromatic N) is 6. The smallest absolute Gasteiger partial charge is 0.258 e. The summed E-state index contributed by atoms with van der Waals surface area (Å²) in [6.07, 6.45) is 0. The third kappa shape index (κ3) is 5.85. The number of carbonyl (C=O) groups is 2.